The van der Waals surface area contributed by atoms with Gasteiger partial charge >= 0.3 is 0 Å². The summed E-state index contributed by atoms with van der Waals surface area (Å²) in [7, 11) is 0. The van der Waals surface area contributed by atoms with E-state index in [4.69, 9.17) is 11.6 Å². The lowest BCUT2D eigenvalue weighted by Crippen LogP contribution is -2.28. The molecule has 3 heteroatoms. The topological polar surface area (TPSA) is 12.0 Å². The van der Waals surface area contributed by atoms with E-state index < -0.39 is 0 Å². The molecule has 1 atom stereocenters. The van der Waals surface area contributed by atoms with E-state index >= 15 is 0 Å². The number of halogens is 1. The van der Waals surface area contributed by atoms with Crippen molar-refractivity contribution in [1.29, 1.82) is 0 Å². The van der Waals surface area contributed by atoms with E-state index in [1.807, 2.05) is 6.07 Å². The number of hydrogen-bond donors (Lipinski definition) is 1. The first kappa shape index (κ1) is 11.3. The lowest BCUT2D eigenvalue weighted by molar-refractivity contribution is 0.533. The second-order valence-electron chi connectivity index (χ2n) is 4.53. The average molecular weight is 264 g/mol. The summed E-state index contributed by atoms with van der Waals surface area (Å²) >= 11 is 7.76. The average Bonchev–Trinajstić information content (AvgIpc) is 2.94. The molecule has 1 unspecified atom stereocenters. The Labute approximate surface area is 110 Å². The normalized spacial score (nSPS) is 18.3. The van der Waals surface area contributed by atoms with Crippen molar-refractivity contribution >= 4 is 22.9 Å². The summed E-state index contributed by atoms with van der Waals surface area (Å²) in [5, 5.41) is 8.79. The van der Waals surface area contributed by atoms with Crippen LogP contribution in [0.5, 0.6) is 0 Å². The Morgan fingerprint density at radius 1 is 1.24 bits per heavy atom. The van der Waals surface area contributed by atoms with E-state index in [2.05, 4.69) is 34.3 Å². The number of thiophene rings is 1. The number of nitrogens with one attached hydrogen (secondary N) is 1. The Balaban J connectivity index is 1.62. The van der Waals surface area contributed by atoms with Crippen molar-refractivity contribution < 1.29 is 0 Å². The van der Waals surface area contributed by atoms with Crippen LogP contribution in [0.15, 0.2) is 35.0 Å². The molecule has 1 nitrogen and oxygen atoms in total. The predicted octanol–water partition coefficient (Wildman–Crippen LogP) is 3.66. The first-order valence-electron chi connectivity index (χ1n) is 5.83. The molecule has 3 rings (SSSR count). The Hall–Kier alpha value is -0.830. The SMILES string of the molecule is Clc1ccc2c(c1)CC(NCc1ccsc1)C2. The van der Waals surface area contributed by atoms with Gasteiger partial charge in [0, 0.05) is 17.6 Å². The highest BCUT2D eigenvalue weighted by Gasteiger charge is 2.20. The minimum Gasteiger partial charge on any atom is -0.309 e. The molecular formula is C14H14ClNS. The van der Waals surface area contributed by atoms with Crippen molar-refractivity contribution in [2.24, 2.45) is 0 Å². The first-order chi connectivity index (χ1) is 8.31. The van der Waals surface area contributed by atoms with Crippen molar-refractivity contribution in [3.8, 4) is 0 Å². The van der Waals surface area contributed by atoms with Gasteiger partial charge in [0.25, 0.3) is 0 Å². The molecule has 17 heavy (non-hydrogen) atoms. The summed E-state index contributed by atoms with van der Waals surface area (Å²) in [5.74, 6) is 0. The fraction of sp³-hybridized carbons (Fsp3) is 0.286. The number of fused-ring (bicyclic) bond motifs is 1. The number of benzene rings is 1. The minimum atomic E-state index is 0.559. The van der Waals surface area contributed by atoms with Crippen LogP contribution >= 0.6 is 22.9 Å². The Kier molecular flexibility index (Phi) is 3.19. The maximum Gasteiger partial charge on any atom is 0.0408 e. The van der Waals surface area contributed by atoms with Crippen molar-refractivity contribution in [1.82, 2.24) is 5.32 Å². The molecule has 2 aromatic rings. The van der Waals surface area contributed by atoms with Crippen LogP contribution in [0.2, 0.25) is 5.02 Å². The van der Waals surface area contributed by atoms with E-state index in [1.165, 1.54) is 16.7 Å². The quantitative estimate of drug-likeness (QED) is 0.891. The van der Waals surface area contributed by atoms with Gasteiger partial charge in [-0.25, -0.2) is 0 Å². The summed E-state index contributed by atoms with van der Waals surface area (Å²) in [4.78, 5) is 0. The molecule has 1 aromatic carbocycles. The Morgan fingerprint density at radius 3 is 2.94 bits per heavy atom. The molecule has 1 N–H and O–H groups in total. The van der Waals surface area contributed by atoms with Crippen molar-refractivity contribution in [2.45, 2.75) is 25.4 Å². The standard InChI is InChI=1S/C14H14ClNS/c15-13-2-1-11-6-14(7-12(11)5-13)16-8-10-3-4-17-9-10/h1-5,9,14,16H,6-8H2. The van der Waals surface area contributed by atoms with Gasteiger partial charge in [-0.05, 0) is 58.5 Å². The van der Waals surface area contributed by atoms with Crippen molar-refractivity contribution in [3.63, 3.8) is 0 Å². The Morgan fingerprint density at radius 2 is 2.12 bits per heavy atom. The lowest BCUT2D eigenvalue weighted by Gasteiger charge is -2.10. The third-order valence-corrected chi connectivity index (χ3v) is 4.24. The largest absolute Gasteiger partial charge is 0.309 e. The predicted molar refractivity (Wildman–Crippen MR) is 73.8 cm³/mol. The van der Waals surface area contributed by atoms with Gasteiger partial charge in [-0.1, -0.05) is 17.7 Å². The van der Waals surface area contributed by atoms with Crippen LogP contribution < -0.4 is 5.32 Å². The summed E-state index contributed by atoms with van der Waals surface area (Å²) in [5.41, 5.74) is 4.22. The van der Waals surface area contributed by atoms with Gasteiger partial charge < -0.3 is 5.32 Å². The van der Waals surface area contributed by atoms with Crippen LogP contribution in [0.1, 0.15) is 16.7 Å². The smallest absolute Gasteiger partial charge is 0.0408 e. The molecule has 1 aliphatic rings. The molecule has 0 radical (unpaired) electrons. The van der Waals surface area contributed by atoms with E-state index in [-0.39, 0.29) is 0 Å². The molecule has 0 saturated heterocycles. The number of rotatable bonds is 3. The van der Waals surface area contributed by atoms with Gasteiger partial charge in [0.15, 0.2) is 0 Å². The van der Waals surface area contributed by atoms with Crippen LogP contribution in [-0.4, -0.2) is 6.04 Å². The third kappa shape index (κ3) is 2.54. The maximum absolute atomic E-state index is 6.01. The molecule has 0 amide bonds. The highest BCUT2D eigenvalue weighted by atomic mass is 35.5. The molecule has 0 spiro atoms. The monoisotopic (exact) mass is 263 g/mol. The molecule has 0 saturated carbocycles. The molecular weight excluding hydrogens is 250 g/mol. The second-order valence-corrected chi connectivity index (χ2v) is 5.75. The molecule has 88 valence electrons. The van der Waals surface area contributed by atoms with Crippen LogP contribution in [0, 0.1) is 0 Å². The molecule has 1 aromatic heterocycles. The minimum absolute atomic E-state index is 0.559. The van der Waals surface area contributed by atoms with Crippen LogP contribution in [0.25, 0.3) is 0 Å². The lowest BCUT2D eigenvalue weighted by atomic mass is 10.1. The van der Waals surface area contributed by atoms with E-state index in [0.717, 1.165) is 24.4 Å². The van der Waals surface area contributed by atoms with Crippen LogP contribution in [-0.2, 0) is 19.4 Å². The molecule has 0 bridgehead atoms. The van der Waals surface area contributed by atoms with Gasteiger partial charge in [-0.2, -0.15) is 11.3 Å². The van der Waals surface area contributed by atoms with Gasteiger partial charge in [0.1, 0.15) is 0 Å². The van der Waals surface area contributed by atoms with Crippen LogP contribution in [0.4, 0.5) is 0 Å². The molecule has 1 heterocycles. The third-order valence-electron chi connectivity index (χ3n) is 3.28. The highest BCUT2D eigenvalue weighted by Crippen LogP contribution is 2.25. The molecule has 0 aliphatic heterocycles. The van der Waals surface area contributed by atoms with Gasteiger partial charge in [0.05, 0.1) is 0 Å². The summed E-state index contributed by atoms with van der Waals surface area (Å²) in [6.45, 7) is 0.968. The second kappa shape index (κ2) is 4.81. The van der Waals surface area contributed by atoms with Crippen molar-refractivity contribution in [3.05, 3.63) is 56.7 Å². The first-order valence-corrected chi connectivity index (χ1v) is 7.15. The zero-order valence-electron chi connectivity index (χ0n) is 9.45. The highest BCUT2D eigenvalue weighted by molar-refractivity contribution is 7.07. The zero-order valence-corrected chi connectivity index (χ0v) is 11.0. The van der Waals surface area contributed by atoms with E-state index in [0.29, 0.717) is 6.04 Å². The fourth-order valence-corrected chi connectivity index (χ4v) is 3.25. The van der Waals surface area contributed by atoms with Gasteiger partial charge in [-0.15, -0.1) is 0 Å². The van der Waals surface area contributed by atoms with Gasteiger partial charge in [-0.3, -0.25) is 0 Å². The molecule has 1 aliphatic carbocycles. The summed E-state index contributed by atoms with van der Waals surface area (Å²) in [6.07, 6.45) is 2.22. The maximum atomic E-state index is 6.01. The molecule has 0 fully saturated rings. The number of hydrogen-bond acceptors (Lipinski definition) is 2. The summed E-state index contributed by atoms with van der Waals surface area (Å²) in [6, 6.07) is 8.98. The van der Waals surface area contributed by atoms with Crippen LogP contribution in [0.3, 0.4) is 0 Å². The Bertz CT molecular complexity index is 507. The van der Waals surface area contributed by atoms with E-state index in [9.17, 15) is 0 Å². The van der Waals surface area contributed by atoms with Gasteiger partial charge in [0.2, 0.25) is 0 Å². The fourth-order valence-electron chi connectivity index (χ4n) is 2.39. The van der Waals surface area contributed by atoms with Crippen molar-refractivity contribution in [2.75, 3.05) is 0 Å². The van der Waals surface area contributed by atoms with E-state index in [1.54, 1.807) is 11.3 Å². The summed E-state index contributed by atoms with van der Waals surface area (Å²) < 4.78 is 0. The zero-order chi connectivity index (χ0) is 11.7.